The van der Waals surface area contributed by atoms with Crippen LogP contribution >= 0.6 is 0 Å². The number of aliphatic hydroxyl groups excluding tert-OH is 1. The van der Waals surface area contributed by atoms with E-state index in [9.17, 15) is 14.7 Å². The molecule has 3 saturated carbocycles. The van der Waals surface area contributed by atoms with E-state index in [1.807, 2.05) is 6.08 Å². The fourth-order valence-corrected chi connectivity index (χ4v) is 6.51. The first-order chi connectivity index (χ1) is 11.0. The molecule has 126 valence electrons. The van der Waals surface area contributed by atoms with Crippen LogP contribution in [0.2, 0.25) is 0 Å². The number of rotatable bonds is 2. The predicted molar refractivity (Wildman–Crippen MR) is 87.6 cm³/mol. The zero-order chi connectivity index (χ0) is 16.4. The Labute approximate surface area is 138 Å². The zero-order valence-electron chi connectivity index (χ0n) is 14.2. The maximum atomic E-state index is 11.8. The van der Waals surface area contributed by atoms with Crippen LogP contribution in [0.3, 0.4) is 0 Å². The summed E-state index contributed by atoms with van der Waals surface area (Å²) in [5.74, 6) is 2.92. The molecule has 0 aromatic heterocycles. The molecule has 1 N–H and O–H groups in total. The number of aliphatic hydroxyl groups is 1. The van der Waals surface area contributed by atoms with Gasteiger partial charge in [0.2, 0.25) is 0 Å². The molecule has 4 unspecified atom stereocenters. The van der Waals surface area contributed by atoms with Gasteiger partial charge in [0.1, 0.15) is 6.29 Å². The van der Waals surface area contributed by atoms with Crippen molar-refractivity contribution in [2.75, 3.05) is 0 Å². The van der Waals surface area contributed by atoms with Gasteiger partial charge in [-0.25, -0.2) is 0 Å². The largest absolute Gasteiger partial charge is 0.393 e. The molecule has 3 heteroatoms. The summed E-state index contributed by atoms with van der Waals surface area (Å²) in [6, 6.07) is 0. The smallest absolute Gasteiger partial charge is 0.155 e. The molecule has 0 aromatic carbocycles. The minimum Gasteiger partial charge on any atom is -0.393 e. The van der Waals surface area contributed by atoms with Gasteiger partial charge in [-0.2, -0.15) is 0 Å². The topological polar surface area (TPSA) is 54.4 Å². The summed E-state index contributed by atoms with van der Waals surface area (Å²) in [5, 5.41) is 10.9. The van der Waals surface area contributed by atoms with Crippen molar-refractivity contribution in [1.82, 2.24) is 0 Å². The molecule has 0 amide bonds. The quantitative estimate of drug-likeness (QED) is 0.796. The maximum absolute atomic E-state index is 11.8. The molecule has 3 fully saturated rings. The summed E-state index contributed by atoms with van der Waals surface area (Å²) in [6.45, 7) is 4.55. The fourth-order valence-electron chi connectivity index (χ4n) is 6.51. The van der Waals surface area contributed by atoms with Crippen LogP contribution in [0, 0.1) is 40.9 Å². The lowest BCUT2D eigenvalue weighted by molar-refractivity contribution is -0.122. The first-order valence-corrected chi connectivity index (χ1v) is 9.33. The number of allylic oxidation sites excluding steroid dienone is 2. The van der Waals surface area contributed by atoms with E-state index >= 15 is 0 Å². The molecule has 0 heterocycles. The lowest BCUT2D eigenvalue weighted by Crippen LogP contribution is -2.54. The molecule has 4 aliphatic rings. The third kappa shape index (κ3) is 2.26. The van der Waals surface area contributed by atoms with Gasteiger partial charge in [0, 0.05) is 12.3 Å². The Morgan fingerprint density at radius 1 is 1.26 bits per heavy atom. The van der Waals surface area contributed by atoms with Gasteiger partial charge in [0.15, 0.2) is 5.78 Å². The number of ketones is 1. The van der Waals surface area contributed by atoms with Crippen LogP contribution in [0.5, 0.6) is 0 Å². The van der Waals surface area contributed by atoms with Gasteiger partial charge in [-0.05, 0) is 73.2 Å². The monoisotopic (exact) mass is 316 g/mol. The summed E-state index contributed by atoms with van der Waals surface area (Å²) >= 11 is 0. The normalized spacial score (nSPS) is 52.2. The third-order valence-electron chi connectivity index (χ3n) is 7.64. The van der Waals surface area contributed by atoms with Gasteiger partial charge in [-0.1, -0.05) is 19.4 Å². The number of carbonyl (C=O) groups is 2. The Bertz CT molecular complexity index is 565. The SMILES string of the molecule is C[C@@H]1CC(O)C2C(CCC3=CC(=O)CC[C@@]32C)C1[C@@H]1C[C@@H]1C=O. The summed E-state index contributed by atoms with van der Waals surface area (Å²) in [4.78, 5) is 23.0. The third-order valence-corrected chi connectivity index (χ3v) is 7.64. The molecule has 23 heavy (non-hydrogen) atoms. The van der Waals surface area contributed by atoms with Gasteiger partial charge in [0.25, 0.3) is 0 Å². The van der Waals surface area contributed by atoms with Crippen LogP contribution in [0.15, 0.2) is 11.6 Å². The molecule has 0 spiro atoms. The standard InChI is InChI=1S/C20H28O3/c1-11-7-17(23)19-15(18(11)16-8-12(16)10-21)4-3-13-9-14(22)5-6-20(13,19)2/h9-12,15-19,23H,3-8H2,1-2H3/t11-,12-,15?,16-,17?,18?,19?,20+/m1/s1. The van der Waals surface area contributed by atoms with Gasteiger partial charge in [-0.15, -0.1) is 0 Å². The molecule has 3 nitrogen and oxygen atoms in total. The first-order valence-electron chi connectivity index (χ1n) is 9.33. The van der Waals surface area contributed by atoms with Gasteiger partial charge in [0.05, 0.1) is 6.10 Å². The number of fused-ring (bicyclic) bond motifs is 3. The van der Waals surface area contributed by atoms with Crippen LogP contribution < -0.4 is 0 Å². The van der Waals surface area contributed by atoms with E-state index in [2.05, 4.69) is 13.8 Å². The van der Waals surface area contributed by atoms with E-state index in [1.165, 1.54) is 5.57 Å². The Hall–Kier alpha value is -0.960. The Morgan fingerprint density at radius 3 is 2.74 bits per heavy atom. The van der Waals surface area contributed by atoms with E-state index in [4.69, 9.17) is 0 Å². The second-order valence-electron chi connectivity index (χ2n) is 8.84. The van der Waals surface area contributed by atoms with Crippen molar-refractivity contribution in [3.05, 3.63) is 11.6 Å². The number of aldehydes is 1. The number of hydrogen-bond acceptors (Lipinski definition) is 3. The highest BCUT2D eigenvalue weighted by Crippen LogP contribution is 2.63. The van der Waals surface area contributed by atoms with Crippen LogP contribution in [0.25, 0.3) is 0 Å². The molecule has 0 radical (unpaired) electrons. The summed E-state index contributed by atoms with van der Waals surface area (Å²) in [6.07, 6.45) is 8.25. The molecule has 0 aromatic rings. The molecule has 0 saturated heterocycles. The molecular weight excluding hydrogens is 288 g/mol. The van der Waals surface area contributed by atoms with Crippen molar-refractivity contribution in [3.63, 3.8) is 0 Å². The Balaban J connectivity index is 1.68. The molecule has 8 atom stereocenters. The van der Waals surface area contributed by atoms with E-state index in [1.54, 1.807) is 0 Å². The van der Waals surface area contributed by atoms with Crippen LogP contribution in [0.4, 0.5) is 0 Å². The molecule has 4 rings (SSSR count). The van der Waals surface area contributed by atoms with E-state index in [0.717, 1.165) is 38.4 Å². The maximum Gasteiger partial charge on any atom is 0.155 e. The summed E-state index contributed by atoms with van der Waals surface area (Å²) in [5.41, 5.74) is 1.27. The average Bonchev–Trinajstić information content (AvgIpc) is 3.26. The first kappa shape index (κ1) is 15.6. The van der Waals surface area contributed by atoms with E-state index < -0.39 is 0 Å². The summed E-state index contributed by atoms with van der Waals surface area (Å²) in [7, 11) is 0. The lowest BCUT2D eigenvalue weighted by atomic mass is 9.48. The summed E-state index contributed by atoms with van der Waals surface area (Å²) < 4.78 is 0. The molecule has 4 aliphatic carbocycles. The lowest BCUT2D eigenvalue weighted by Gasteiger charge is -2.57. The highest BCUT2D eigenvalue weighted by molar-refractivity contribution is 5.91. The van der Waals surface area contributed by atoms with Gasteiger partial charge in [-0.3, -0.25) is 4.79 Å². The second kappa shape index (κ2) is 5.27. The minimum absolute atomic E-state index is 0.0137. The van der Waals surface area contributed by atoms with Crippen molar-refractivity contribution < 1.29 is 14.7 Å². The number of carbonyl (C=O) groups excluding carboxylic acids is 2. The van der Waals surface area contributed by atoms with Crippen LogP contribution in [-0.4, -0.2) is 23.3 Å². The van der Waals surface area contributed by atoms with Crippen LogP contribution in [0.1, 0.15) is 52.4 Å². The second-order valence-corrected chi connectivity index (χ2v) is 8.84. The Kier molecular flexibility index (Phi) is 3.57. The van der Waals surface area contributed by atoms with Crippen molar-refractivity contribution >= 4 is 12.1 Å². The van der Waals surface area contributed by atoms with E-state index in [0.29, 0.717) is 30.1 Å². The zero-order valence-corrected chi connectivity index (χ0v) is 14.2. The highest BCUT2D eigenvalue weighted by atomic mass is 16.3. The van der Waals surface area contributed by atoms with Gasteiger partial charge < -0.3 is 9.90 Å². The van der Waals surface area contributed by atoms with Crippen LogP contribution in [-0.2, 0) is 9.59 Å². The van der Waals surface area contributed by atoms with Crippen molar-refractivity contribution in [3.8, 4) is 0 Å². The average molecular weight is 316 g/mol. The molecular formula is C20H28O3. The Morgan fingerprint density at radius 2 is 2.04 bits per heavy atom. The number of hydrogen-bond donors (Lipinski definition) is 1. The fraction of sp³-hybridized carbons (Fsp3) is 0.800. The van der Waals surface area contributed by atoms with Crippen molar-refractivity contribution in [1.29, 1.82) is 0 Å². The van der Waals surface area contributed by atoms with Crippen molar-refractivity contribution in [2.24, 2.45) is 40.9 Å². The highest BCUT2D eigenvalue weighted by Gasteiger charge is 2.59. The predicted octanol–water partition coefficient (Wildman–Crippen LogP) is 3.16. The van der Waals surface area contributed by atoms with E-state index in [-0.39, 0.29) is 29.1 Å². The molecule has 0 bridgehead atoms. The van der Waals surface area contributed by atoms with Gasteiger partial charge >= 0.3 is 0 Å². The minimum atomic E-state index is -0.262. The van der Waals surface area contributed by atoms with Crippen molar-refractivity contribution in [2.45, 2.75) is 58.5 Å². The molecule has 0 aliphatic heterocycles.